The summed E-state index contributed by atoms with van der Waals surface area (Å²) in [5, 5.41) is 10.4. The first-order valence-electron chi connectivity index (χ1n) is 7.71. The second-order valence-corrected chi connectivity index (χ2v) is 6.43. The van der Waals surface area contributed by atoms with Gasteiger partial charge in [0, 0.05) is 13.2 Å². The first-order valence-corrected chi connectivity index (χ1v) is 7.71. The van der Waals surface area contributed by atoms with Gasteiger partial charge >= 0.3 is 0 Å². The standard InChI is InChI=1S/C15H26O3/c16-14(10-13-4-1-2-8-17-13)12-5-9-18-15(11-12)6-3-7-15/h12-14,16H,1-11H2. The smallest absolute Gasteiger partial charge is 0.0686 e. The molecular formula is C15H26O3. The molecule has 1 aliphatic carbocycles. The van der Waals surface area contributed by atoms with E-state index in [1.165, 1.54) is 32.1 Å². The zero-order valence-electron chi connectivity index (χ0n) is 11.3. The molecule has 0 bridgehead atoms. The van der Waals surface area contributed by atoms with Crippen molar-refractivity contribution in [3.63, 3.8) is 0 Å². The molecule has 18 heavy (non-hydrogen) atoms. The molecular weight excluding hydrogens is 228 g/mol. The lowest BCUT2D eigenvalue weighted by Gasteiger charge is -2.48. The zero-order valence-corrected chi connectivity index (χ0v) is 11.3. The van der Waals surface area contributed by atoms with Gasteiger partial charge in [-0.15, -0.1) is 0 Å². The van der Waals surface area contributed by atoms with E-state index in [1.807, 2.05) is 0 Å². The van der Waals surface area contributed by atoms with Gasteiger partial charge < -0.3 is 14.6 Å². The zero-order chi connectivity index (χ0) is 12.4. The lowest BCUT2D eigenvalue weighted by molar-refractivity contribution is -0.160. The molecule has 0 radical (unpaired) electrons. The third-order valence-electron chi connectivity index (χ3n) is 5.12. The Balaban J connectivity index is 1.50. The predicted molar refractivity (Wildman–Crippen MR) is 69.5 cm³/mol. The molecule has 0 aromatic carbocycles. The van der Waals surface area contributed by atoms with Gasteiger partial charge in [-0.05, 0) is 63.7 Å². The summed E-state index contributed by atoms with van der Waals surface area (Å²) >= 11 is 0. The highest BCUT2D eigenvalue weighted by molar-refractivity contribution is 4.95. The van der Waals surface area contributed by atoms with Crippen LogP contribution in [0.5, 0.6) is 0 Å². The maximum absolute atomic E-state index is 10.4. The van der Waals surface area contributed by atoms with Crippen LogP contribution < -0.4 is 0 Å². The maximum atomic E-state index is 10.4. The van der Waals surface area contributed by atoms with Gasteiger partial charge in [0.25, 0.3) is 0 Å². The largest absolute Gasteiger partial charge is 0.393 e. The SMILES string of the molecule is OC(CC1CCCCO1)C1CCOC2(CCC2)C1. The van der Waals surface area contributed by atoms with E-state index in [0.717, 1.165) is 38.9 Å². The first-order chi connectivity index (χ1) is 8.77. The highest BCUT2D eigenvalue weighted by atomic mass is 16.5. The van der Waals surface area contributed by atoms with E-state index in [1.54, 1.807) is 0 Å². The van der Waals surface area contributed by atoms with Crippen molar-refractivity contribution in [2.45, 2.75) is 75.6 Å². The Morgan fingerprint density at radius 1 is 1.11 bits per heavy atom. The summed E-state index contributed by atoms with van der Waals surface area (Å²) in [7, 11) is 0. The lowest BCUT2D eigenvalue weighted by Crippen LogP contribution is -2.48. The van der Waals surface area contributed by atoms with Crippen LogP contribution in [0.15, 0.2) is 0 Å². The molecule has 0 amide bonds. The number of aliphatic hydroxyl groups excluding tert-OH is 1. The van der Waals surface area contributed by atoms with E-state index in [-0.39, 0.29) is 11.7 Å². The van der Waals surface area contributed by atoms with Crippen molar-refractivity contribution in [3.05, 3.63) is 0 Å². The normalized spacial score (nSPS) is 37.2. The van der Waals surface area contributed by atoms with Crippen LogP contribution in [0.3, 0.4) is 0 Å². The van der Waals surface area contributed by atoms with Crippen molar-refractivity contribution in [3.8, 4) is 0 Å². The fraction of sp³-hybridized carbons (Fsp3) is 1.00. The second kappa shape index (κ2) is 5.48. The van der Waals surface area contributed by atoms with Gasteiger partial charge in [0.1, 0.15) is 0 Å². The Labute approximate surface area is 110 Å². The molecule has 3 rings (SSSR count). The van der Waals surface area contributed by atoms with Crippen LogP contribution in [0, 0.1) is 5.92 Å². The van der Waals surface area contributed by atoms with Gasteiger partial charge in [0.15, 0.2) is 0 Å². The minimum atomic E-state index is -0.186. The van der Waals surface area contributed by atoms with E-state index in [4.69, 9.17) is 9.47 Å². The van der Waals surface area contributed by atoms with E-state index in [9.17, 15) is 5.11 Å². The van der Waals surface area contributed by atoms with Crippen LogP contribution in [-0.4, -0.2) is 36.1 Å². The molecule has 1 N–H and O–H groups in total. The summed E-state index contributed by atoms with van der Waals surface area (Å²) in [4.78, 5) is 0. The Bertz CT molecular complexity index is 269. The predicted octanol–water partition coefficient (Wildman–Crippen LogP) is 2.66. The summed E-state index contributed by atoms with van der Waals surface area (Å²) in [6.45, 7) is 1.72. The minimum Gasteiger partial charge on any atom is -0.393 e. The van der Waals surface area contributed by atoms with Crippen LogP contribution in [-0.2, 0) is 9.47 Å². The van der Waals surface area contributed by atoms with E-state index in [2.05, 4.69) is 0 Å². The lowest BCUT2D eigenvalue weighted by atomic mass is 9.70. The topological polar surface area (TPSA) is 38.7 Å². The molecule has 1 saturated carbocycles. The monoisotopic (exact) mass is 254 g/mol. The van der Waals surface area contributed by atoms with Gasteiger partial charge in [0.2, 0.25) is 0 Å². The molecule has 3 heteroatoms. The van der Waals surface area contributed by atoms with Crippen molar-refractivity contribution in [2.24, 2.45) is 5.92 Å². The van der Waals surface area contributed by atoms with Crippen LogP contribution in [0.1, 0.15) is 57.8 Å². The molecule has 0 aromatic rings. The van der Waals surface area contributed by atoms with Gasteiger partial charge in [-0.25, -0.2) is 0 Å². The van der Waals surface area contributed by atoms with E-state index in [0.29, 0.717) is 12.0 Å². The van der Waals surface area contributed by atoms with Crippen LogP contribution in [0.4, 0.5) is 0 Å². The number of hydrogen-bond donors (Lipinski definition) is 1. The summed E-state index contributed by atoms with van der Waals surface area (Å²) < 4.78 is 11.7. The molecule has 3 aliphatic rings. The molecule has 2 heterocycles. The summed E-state index contributed by atoms with van der Waals surface area (Å²) in [5.74, 6) is 0.435. The maximum Gasteiger partial charge on any atom is 0.0686 e. The van der Waals surface area contributed by atoms with Crippen LogP contribution in [0.2, 0.25) is 0 Å². The third kappa shape index (κ3) is 2.73. The Morgan fingerprint density at radius 2 is 2.00 bits per heavy atom. The third-order valence-corrected chi connectivity index (χ3v) is 5.12. The van der Waals surface area contributed by atoms with E-state index >= 15 is 0 Å². The minimum absolute atomic E-state index is 0.150. The molecule has 3 unspecified atom stereocenters. The highest BCUT2D eigenvalue weighted by Gasteiger charge is 2.44. The number of rotatable bonds is 3. The Hall–Kier alpha value is -0.120. The molecule has 3 atom stereocenters. The van der Waals surface area contributed by atoms with Gasteiger partial charge in [-0.2, -0.15) is 0 Å². The molecule has 3 fully saturated rings. The number of hydrogen-bond acceptors (Lipinski definition) is 3. The molecule has 0 aromatic heterocycles. The van der Waals surface area contributed by atoms with Crippen LogP contribution in [0.25, 0.3) is 0 Å². The molecule has 3 nitrogen and oxygen atoms in total. The fourth-order valence-corrected chi connectivity index (χ4v) is 3.77. The van der Waals surface area contributed by atoms with Gasteiger partial charge in [-0.1, -0.05) is 0 Å². The first kappa shape index (κ1) is 12.9. The number of ether oxygens (including phenoxy) is 2. The summed E-state index contributed by atoms with van der Waals surface area (Å²) in [6.07, 6.45) is 10.3. The Morgan fingerprint density at radius 3 is 2.67 bits per heavy atom. The van der Waals surface area contributed by atoms with Crippen molar-refractivity contribution in [1.29, 1.82) is 0 Å². The molecule has 2 saturated heterocycles. The average molecular weight is 254 g/mol. The van der Waals surface area contributed by atoms with Crippen molar-refractivity contribution < 1.29 is 14.6 Å². The van der Waals surface area contributed by atoms with Gasteiger partial charge in [0.05, 0.1) is 17.8 Å². The Kier molecular flexibility index (Phi) is 3.92. The second-order valence-electron chi connectivity index (χ2n) is 6.43. The van der Waals surface area contributed by atoms with Crippen molar-refractivity contribution >= 4 is 0 Å². The van der Waals surface area contributed by atoms with Gasteiger partial charge in [-0.3, -0.25) is 0 Å². The molecule has 104 valence electrons. The summed E-state index contributed by atoms with van der Waals surface area (Å²) in [5.41, 5.74) is 0.150. The van der Waals surface area contributed by atoms with E-state index < -0.39 is 0 Å². The van der Waals surface area contributed by atoms with Crippen molar-refractivity contribution in [2.75, 3.05) is 13.2 Å². The summed E-state index contributed by atoms with van der Waals surface area (Å²) in [6, 6.07) is 0. The number of aliphatic hydroxyl groups is 1. The van der Waals surface area contributed by atoms with Crippen LogP contribution >= 0.6 is 0 Å². The average Bonchev–Trinajstić information content (AvgIpc) is 2.38. The fourth-order valence-electron chi connectivity index (χ4n) is 3.77. The molecule has 1 spiro atoms. The molecule has 2 aliphatic heterocycles. The highest BCUT2D eigenvalue weighted by Crippen LogP contribution is 2.45. The van der Waals surface area contributed by atoms with Crippen molar-refractivity contribution in [1.82, 2.24) is 0 Å². The quantitative estimate of drug-likeness (QED) is 0.841.